The molecule has 1 unspecified atom stereocenters. The van der Waals surface area contributed by atoms with Gasteiger partial charge < -0.3 is 10.6 Å². The number of likely N-dealkylation sites (tertiary alicyclic amines) is 1. The Bertz CT molecular complexity index is 422. The summed E-state index contributed by atoms with van der Waals surface area (Å²) >= 11 is 5.16. The molecule has 1 heterocycles. The van der Waals surface area contributed by atoms with Gasteiger partial charge in [0.25, 0.3) is 0 Å². The highest BCUT2D eigenvalue weighted by atomic mass is 32.1. The van der Waals surface area contributed by atoms with Crippen LogP contribution < -0.4 is 5.73 Å². The average molecular weight is 292 g/mol. The number of amides is 1. The number of carbonyl (C=O) groups excluding carboxylic acids is 1. The Labute approximate surface area is 126 Å². The Kier molecular flexibility index (Phi) is 3.06. The van der Waals surface area contributed by atoms with Crippen LogP contribution in [0.15, 0.2) is 0 Å². The molecule has 1 amide bonds. The Balaban J connectivity index is 1.55. The van der Waals surface area contributed by atoms with Gasteiger partial charge in [-0.2, -0.15) is 0 Å². The van der Waals surface area contributed by atoms with Crippen molar-refractivity contribution in [3.8, 4) is 0 Å². The standard InChI is InChI=1S/C16H24N2OS/c17-15(20)13-2-1-3-18(13)16(19)14-11-5-9-4-10(7-11)8-12(14)6-9/h9-14H,1-8H2,(H2,17,20). The highest BCUT2D eigenvalue weighted by molar-refractivity contribution is 7.80. The van der Waals surface area contributed by atoms with Gasteiger partial charge in [-0.15, -0.1) is 0 Å². The van der Waals surface area contributed by atoms with Crippen LogP contribution in [-0.4, -0.2) is 28.4 Å². The molecule has 20 heavy (non-hydrogen) atoms. The lowest BCUT2D eigenvalue weighted by Gasteiger charge is -2.54. The maximum atomic E-state index is 13.1. The van der Waals surface area contributed by atoms with Crippen LogP contribution in [0.5, 0.6) is 0 Å². The van der Waals surface area contributed by atoms with Gasteiger partial charge in [0.05, 0.1) is 11.0 Å². The summed E-state index contributed by atoms with van der Waals surface area (Å²) in [4.78, 5) is 15.6. The zero-order valence-corrected chi connectivity index (χ0v) is 12.8. The van der Waals surface area contributed by atoms with E-state index in [-0.39, 0.29) is 12.0 Å². The summed E-state index contributed by atoms with van der Waals surface area (Å²) in [5, 5.41) is 0. The maximum absolute atomic E-state index is 13.1. The van der Waals surface area contributed by atoms with Gasteiger partial charge in [-0.25, -0.2) is 0 Å². The van der Waals surface area contributed by atoms with Gasteiger partial charge in [0.2, 0.25) is 5.91 Å². The van der Waals surface area contributed by atoms with E-state index >= 15 is 0 Å². The fraction of sp³-hybridized carbons (Fsp3) is 0.875. The molecule has 1 aliphatic heterocycles. The van der Waals surface area contributed by atoms with E-state index in [0.717, 1.165) is 31.2 Å². The number of rotatable bonds is 2. The lowest BCUT2D eigenvalue weighted by Crippen LogP contribution is -2.54. The van der Waals surface area contributed by atoms with E-state index in [0.29, 0.717) is 22.7 Å². The monoisotopic (exact) mass is 292 g/mol. The number of carbonyl (C=O) groups is 1. The van der Waals surface area contributed by atoms with Crippen LogP contribution in [0.1, 0.15) is 44.9 Å². The summed E-state index contributed by atoms with van der Waals surface area (Å²) in [6.07, 6.45) is 8.66. The minimum atomic E-state index is 0.0367. The largest absolute Gasteiger partial charge is 0.392 e. The molecule has 5 fully saturated rings. The van der Waals surface area contributed by atoms with Gasteiger partial charge in [-0.1, -0.05) is 12.2 Å². The maximum Gasteiger partial charge on any atom is 0.226 e. The van der Waals surface area contributed by atoms with E-state index in [1.807, 2.05) is 4.90 Å². The van der Waals surface area contributed by atoms with Gasteiger partial charge in [-0.05, 0) is 68.6 Å². The summed E-state index contributed by atoms with van der Waals surface area (Å²) in [5.74, 6) is 3.84. The molecule has 4 bridgehead atoms. The molecule has 2 N–H and O–H groups in total. The van der Waals surface area contributed by atoms with Crippen LogP contribution >= 0.6 is 12.2 Å². The first-order valence-electron chi connectivity index (χ1n) is 8.23. The molecule has 0 aromatic rings. The fourth-order valence-electron chi connectivity index (χ4n) is 5.85. The highest BCUT2D eigenvalue weighted by Gasteiger charge is 2.52. The third-order valence-electron chi connectivity index (χ3n) is 6.38. The molecule has 0 spiro atoms. The third-order valence-corrected chi connectivity index (χ3v) is 6.65. The van der Waals surface area contributed by atoms with Crippen LogP contribution in [0, 0.1) is 29.6 Å². The Hall–Kier alpha value is -0.640. The summed E-state index contributed by atoms with van der Waals surface area (Å²) in [6, 6.07) is 0.0367. The second-order valence-electron chi connectivity index (χ2n) is 7.55. The van der Waals surface area contributed by atoms with Crippen molar-refractivity contribution in [1.29, 1.82) is 0 Å². The molecule has 3 nitrogen and oxygen atoms in total. The molecule has 0 aromatic heterocycles. The molecule has 4 aliphatic carbocycles. The molecule has 0 aromatic carbocycles. The van der Waals surface area contributed by atoms with E-state index in [9.17, 15) is 4.79 Å². The molecule has 1 saturated heterocycles. The van der Waals surface area contributed by atoms with E-state index < -0.39 is 0 Å². The van der Waals surface area contributed by atoms with Crippen molar-refractivity contribution in [2.45, 2.75) is 51.0 Å². The lowest BCUT2D eigenvalue weighted by atomic mass is 9.51. The molecule has 5 aliphatic rings. The van der Waals surface area contributed by atoms with Crippen LogP contribution in [0.4, 0.5) is 0 Å². The molecule has 0 radical (unpaired) electrons. The molecule has 110 valence electrons. The molecule has 4 saturated carbocycles. The van der Waals surface area contributed by atoms with Crippen LogP contribution in [0.25, 0.3) is 0 Å². The van der Waals surface area contributed by atoms with Gasteiger partial charge in [0.1, 0.15) is 0 Å². The second-order valence-corrected chi connectivity index (χ2v) is 8.02. The Morgan fingerprint density at radius 3 is 2.20 bits per heavy atom. The van der Waals surface area contributed by atoms with Gasteiger partial charge in [-0.3, -0.25) is 4.79 Å². The third kappa shape index (κ3) is 1.91. The van der Waals surface area contributed by atoms with Crippen molar-refractivity contribution < 1.29 is 4.79 Å². The second kappa shape index (κ2) is 4.69. The van der Waals surface area contributed by atoms with Crippen molar-refractivity contribution in [3.05, 3.63) is 0 Å². The first kappa shape index (κ1) is 13.1. The zero-order chi connectivity index (χ0) is 13.9. The topological polar surface area (TPSA) is 46.3 Å². The van der Waals surface area contributed by atoms with E-state index in [1.54, 1.807) is 0 Å². The van der Waals surface area contributed by atoms with Crippen molar-refractivity contribution in [3.63, 3.8) is 0 Å². The van der Waals surface area contributed by atoms with Crippen molar-refractivity contribution in [2.75, 3.05) is 6.54 Å². The summed E-state index contributed by atoms with van der Waals surface area (Å²) in [6.45, 7) is 0.865. The number of thiocarbonyl (C=S) groups is 1. The summed E-state index contributed by atoms with van der Waals surface area (Å²) in [7, 11) is 0. The Morgan fingerprint density at radius 1 is 1.05 bits per heavy atom. The predicted octanol–water partition coefficient (Wildman–Crippen LogP) is 2.34. The minimum absolute atomic E-state index is 0.0367. The highest BCUT2D eigenvalue weighted by Crippen LogP contribution is 2.57. The van der Waals surface area contributed by atoms with Crippen LogP contribution in [-0.2, 0) is 4.79 Å². The average Bonchev–Trinajstić information content (AvgIpc) is 2.86. The Morgan fingerprint density at radius 2 is 1.65 bits per heavy atom. The SMILES string of the molecule is NC(=S)C1CCCN1C(=O)C1C2CC3CC(C2)CC1C3. The van der Waals surface area contributed by atoms with Crippen LogP contribution in [0.3, 0.4) is 0 Å². The molecule has 1 atom stereocenters. The van der Waals surface area contributed by atoms with Crippen molar-refractivity contribution in [2.24, 2.45) is 35.3 Å². The number of hydrogen-bond acceptors (Lipinski definition) is 2. The van der Waals surface area contributed by atoms with Gasteiger partial charge in [0.15, 0.2) is 0 Å². The molecular weight excluding hydrogens is 268 g/mol. The number of hydrogen-bond donors (Lipinski definition) is 1. The number of nitrogens with two attached hydrogens (primary N) is 1. The van der Waals surface area contributed by atoms with Crippen molar-refractivity contribution in [1.82, 2.24) is 4.90 Å². The number of nitrogens with zero attached hydrogens (tertiary/aromatic N) is 1. The summed E-state index contributed by atoms with van der Waals surface area (Å²) in [5.41, 5.74) is 5.84. The lowest BCUT2D eigenvalue weighted by molar-refractivity contribution is -0.148. The smallest absolute Gasteiger partial charge is 0.226 e. The minimum Gasteiger partial charge on any atom is -0.392 e. The normalized spacial score (nSPS) is 45.9. The van der Waals surface area contributed by atoms with Gasteiger partial charge in [0, 0.05) is 12.5 Å². The molecule has 4 heteroatoms. The molecular formula is C16H24N2OS. The first-order chi connectivity index (χ1) is 9.63. The quantitative estimate of drug-likeness (QED) is 0.795. The summed E-state index contributed by atoms with van der Waals surface area (Å²) < 4.78 is 0. The first-order valence-corrected chi connectivity index (χ1v) is 8.64. The van der Waals surface area contributed by atoms with Crippen molar-refractivity contribution >= 4 is 23.1 Å². The van der Waals surface area contributed by atoms with E-state index in [4.69, 9.17) is 18.0 Å². The van der Waals surface area contributed by atoms with Gasteiger partial charge >= 0.3 is 0 Å². The molecule has 5 rings (SSSR count). The predicted molar refractivity (Wildman–Crippen MR) is 82.1 cm³/mol. The fourth-order valence-corrected chi connectivity index (χ4v) is 6.09. The zero-order valence-electron chi connectivity index (χ0n) is 12.0. The van der Waals surface area contributed by atoms with E-state index in [2.05, 4.69) is 0 Å². The van der Waals surface area contributed by atoms with Crippen LogP contribution in [0.2, 0.25) is 0 Å². The van der Waals surface area contributed by atoms with E-state index in [1.165, 1.54) is 32.1 Å².